The van der Waals surface area contributed by atoms with Gasteiger partial charge < -0.3 is 10.5 Å². The van der Waals surface area contributed by atoms with Gasteiger partial charge in [0.1, 0.15) is 10.8 Å². The molecule has 0 unspecified atom stereocenters. The van der Waals surface area contributed by atoms with E-state index >= 15 is 0 Å². The summed E-state index contributed by atoms with van der Waals surface area (Å²) in [6.07, 6.45) is 0. The fourth-order valence-corrected chi connectivity index (χ4v) is 2.05. The van der Waals surface area contributed by atoms with Crippen molar-refractivity contribution >= 4 is 11.3 Å². The zero-order valence-electron chi connectivity index (χ0n) is 8.77. The van der Waals surface area contributed by atoms with Crippen LogP contribution in [-0.4, -0.2) is 11.6 Å². The molecule has 0 aliphatic carbocycles. The first-order valence-electron chi connectivity index (χ1n) is 4.89. The predicted octanol–water partition coefficient (Wildman–Crippen LogP) is 2.87. The molecule has 0 spiro atoms. The highest BCUT2D eigenvalue weighted by Crippen LogP contribution is 2.25. The van der Waals surface area contributed by atoms with Crippen molar-refractivity contribution in [1.29, 1.82) is 0 Å². The quantitative estimate of drug-likeness (QED) is 0.915. The van der Waals surface area contributed by atoms with Crippen LogP contribution in [0.1, 0.15) is 5.01 Å². The van der Waals surface area contributed by atoms with Gasteiger partial charge in [-0.3, -0.25) is 0 Å². The van der Waals surface area contributed by atoms with E-state index in [9.17, 15) is 8.78 Å². The lowest BCUT2D eigenvalue weighted by atomic mass is 10.2. The fraction of sp³-hybridized carbons (Fsp3) is 0.182. The lowest BCUT2D eigenvalue weighted by Crippen LogP contribution is -2.01. The van der Waals surface area contributed by atoms with Crippen LogP contribution in [0.25, 0.3) is 11.3 Å². The zero-order chi connectivity index (χ0) is 12.3. The number of thiazole rings is 1. The van der Waals surface area contributed by atoms with Crippen LogP contribution >= 0.6 is 11.3 Å². The van der Waals surface area contributed by atoms with Crippen molar-refractivity contribution in [2.24, 2.45) is 5.73 Å². The lowest BCUT2D eigenvalue weighted by molar-refractivity contribution is -0.0498. The third kappa shape index (κ3) is 2.98. The van der Waals surface area contributed by atoms with Crippen LogP contribution in [-0.2, 0) is 6.54 Å². The summed E-state index contributed by atoms with van der Waals surface area (Å²) >= 11 is 1.44. The molecule has 1 heterocycles. The monoisotopic (exact) mass is 256 g/mol. The van der Waals surface area contributed by atoms with Gasteiger partial charge in [0.25, 0.3) is 0 Å². The van der Waals surface area contributed by atoms with E-state index in [0.717, 1.165) is 16.3 Å². The minimum Gasteiger partial charge on any atom is -0.435 e. The van der Waals surface area contributed by atoms with Gasteiger partial charge in [-0.2, -0.15) is 8.78 Å². The molecule has 0 aliphatic heterocycles. The standard InChI is InChI=1S/C11H10F2N2OS/c12-11(13)16-8-3-1-2-7(4-8)9-6-17-10(5-14)15-9/h1-4,6,11H,5,14H2. The van der Waals surface area contributed by atoms with Gasteiger partial charge in [-0.1, -0.05) is 12.1 Å². The molecule has 0 fully saturated rings. The Labute approximate surface area is 101 Å². The third-order valence-electron chi connectivity index (χ3n) is 2.08. The molecule has 0 saturated heterocycles. The maximum absolute atomic E-state index is 12.1. The van der Waals surface area contributed by atoms with Crippen molar-refractivity contribution in [2.45, 2.75) is 13.2 Å². The summed E-state index contributed by atoms with van der Waals surface area (Å²) in [5, 5.41) is 2.64. The average Bonchev–Trinajstić information content (AvgIpc) is 2.77. The number of ether oxygens (including phenoxy) is 1. The topological polar surface area (TPSA) is 48.1 Å². The fourth-order valence-electron chi connectivity index (χ4n) is 1.37. The maximum Gasteiger partial charge on any atom is 0.387 e. The first-order valence-corrected chi connectivity index (χ1v) is 5.76. The Kier molecular flexibility index (Phi) is 3.65. The van der Waals surface area contributed by atoms with E-state index in [0.29, 0.717) is 6.54 Å². The van der Waals surface area contributed by atoms with E-state index in [4.69, 9.17) is 5.73 Å². The number of nitrogens with two attached hydrogens (primary N) is 1. The minimum atomic E-state index is -2.82. The molecule has 1 aromatic carbocycles. The molecule has 1 aromatic heterocycles. The largest absolute Gasteiger partial charge is 0.435 e. The molecule has 90 valence electrons. The highest BCUT2D eigenvalue weighted by molar-refractivity contribution is 7.09. The summed E-state index contributed by atoms with van der Waals surface area (Å²) < 4.78 is 28.4. The molecule has 17 heavy (non-hydrogen) atoms. The Morgan fingerprint density at radius 3 is 2.88 bits per heavy atom. The molecule has 2 aromatic rings. The van der Waals surface area contributed by atoms with Gasteiger partial charge in [-0.05, 0) is 12.1 Å². The van der Waals surface area contributed by atoms with E-state index in [-0.39, 0.29) is 5.75 Å². The number of nitrogens with zero attached hydrogens (tertiary/aromatic N) is 1. The van der Waals surface area contributed by atoms with Crippen molar-refractivity contribution in [1.82, 2.24) is 4.98 Å². The highest BCUT2D eigenvalue weighted by atomic mass is 32.1. The first kappa shape index (κ1) is 11.9. The van der Waals surface area contributed by atoms with Crippen LogP contribution in [0, 0.1) is 0 Å². The summed E-state index contributed by atoms with van der Waals surface area (Å²) in [4.78, 5) is 4.27. The van der Waals surface area contributed by atoms with Gasteiger partial charge in [0.05, 0.1) is 5.69 Å². The smallest absolute Gasteiger partial charge is 0.387 e. The van der Waals surface area contributed by atoms with Crippen LogP contribution in [0.2, 0.25) is 0 Å². The van der Waals surface area contributed by atoms with Gasteiger partial charge in [-0.25, -0.2) is 4.98 Å². The van der Waals surface area contributed by atoms with Crippen molar-refractivity contribution in [3.63, 3.8) is 0 Å². The second kappa shape index (κ2) is 5.20. The molecule has 0 saturated carbocycles. The molecular formula is C11H10F2N2OS. The van der Waals surface area contributed by atoms with Gasteiger partial charge >= 0.3 is 6.61 Å². The molecule has 0 bridgehead atoms. The van der Waals surface area contributed by atoms with Gasteiger partial charge in [0, 0.05) is 17.5 Å². The van der Waals surface area contributed by atoms with Gasteiger partial charge in [0.15, 0.2) is 0 Å². The second-order valence-corrected chi connectivity index (χ2v) is 4.18. The van der Waals surface area contributed by atoms with E-state index < -0.39 is 6.61 Å². The van der Waals surface area contributed by atoms with Crippen molar-refractivity contribution in [3.05, 3.63) is 34.7 Å². The number of rotatable bonds is 4. The minimum absolute atomic E-state index is 0.125. The number of aromatic nitrogens is 1. The van der Waals surface area contributed by atoms with Crippen LogP contribution in [0.4, 0.5) is 8.78 Å². The van der Waals surface area contributed by atoms with Gasteiger partial charge in [0.2, 0.25) is 0 Å². The van der Waals surface area contributed by atoms with Crippen LogP contribution in [0.15, 0.2) is 29.6 Å². The van der Waals surface area contributed by atoms with Gasteiger partial charge in [-0.15, -0.1) is 11.3 Å². The van der Waals surface area contributed by atoms with E-state index in [1.165, 1.54) is 23.5 Å². The summed E-state index contributed by atoms with van der Waals surface area (Å²) in [7, 11) is 0. The highest BCUT2D eigenvalue weighted by Gasteiger charge is 2.07. The second-order valence-electron chi connectivity index (χ2n) is 3.24. The van der Waals surface area contributed by atoms with Crippen molar-refractivity contribution < 1.29 is 13.5 Å². The summed E-state index contributed by atoms with van der Waals surface area (Å²) in [5.74, 6) is 0.125. The third-order valence-corrected chi connectivity index (χ3v) is 2.95. The normalized spacial score (nSPS) is 10.8. The molecule has 0 atom stereocenters. The Morgan fingerprint density at radius 1 is 1.41 bits per heavy atom. The Hall–Kier alpha value is -1.53. The Balaban J connectivity index is 2.26. The summed E-state index contributed by atoms with van der Waals surface area (Å²) in [6.45, 7) is -2.45. The molecule has 0 radical (unpaired) electrons. The molecule has 0 aliphatic rings. The first-order chi connectivity index (χ1) is 8.19. The van der Waals surface area contributed by atoms with Crippen molar-refractivity contribution in [2.75, 3.05) is 0 Å². The average molecular weight is 256 g/mol. The molecular weight excluding hydrogens is 246 g/mol. The van der Waals surface area contributed by atoms with Crippen LogP contribution in [0.3, 0.4) is 0 Å². The number of alkyl halides is 2. The van der Waals surface area contributed by atoms with E-state index in [1.807, 2.05) is 5.38 Å². The number of benzene rings is 1. The van der Waals surface area contributed by atoms with Crippen LogP contribution in [0.5, 0.6) is 5.75 Å². The molecule has 2 rings (SSSR count). The molecule has 2 N–H and O–H groups in total. The molecule has 6 heteroatoms. The number of hydrogen-bond donors (Lipinski definition) is 1. The van der Waals surface area contributed by atoms with E-state index in [2.05, 4.69) is 9.72 Å². The summed E-state index contributed by atoms with van der Waals surface area (Å²) in [6, 6.07) is 6.44. The zero-order valence-corrected chi connectivity index (χ0v) is 9.58. The Morgan fingerprint density at radius 2 is 2.24 bits per heavy atom. The number of halogens is 2. The SMILES string of the molecule is NCc1nc(-c2cccc(OC(F)F)c2)cs1. The number of hydrogen-bond acceptors (Lipinski definition) is 4. The summed E-state index contributed by atoms with van der Waals surface area (Å²) in [5.41, 5.74) is 6.91. The molecule has 3 nitrogen and oxygen atoms in total. The van der Waals surface area contributed by atoms with Crippen LogP contribution < -0.4 is 10.5 Å². The molecule has 0 amide bonds. The predicted molar refractivity (Wildman–Crippen MR) is 62.1 cm³/mol. The van der Waals surface area contributed by atoms with E-state index in [1.54, 1.807) is 12.1 Å². The van der Waals surface area contributed by atoms with Crippen molar-refractivity contribution in [3.8, 4) is 17.0 Å². The maximum atomic E-state index is 12.1. The lowest BCUT2D eigenvalue weighted by Gasteiger charge is -2.05. The Bertz CT molecular complexity index is 502.